The first-order valence-corrected chi connectivity index (χ1v) is 14.3. The van der Waals surface area contributed by atoms with Crippen molar-refractivity contribution in [1.29, 1.82) is 0 Å². The molecule has 0 spiro atoms. The minimum Gasteiger partial charge on any atom is -0.396 e. The largest absolute Gasteiger partial charge is 0.519 e. The van der Waals surface area contributed by atoms with E-state index in [-0.39, 0.29) is 12.5 Å². The molecule has 0 radical (unpaired) electrons. The van der Waals surface area contributed by atoms with Crippen molar-refractivity contribution in [2.45, 2.75) is 101 Å². The summed E-state index contributed by atoms with van der Waals surface area (Å²) >= 11 is 1.24. The first-order chi connectivity index (χ1) is 17.7. The van der Waals surface area contributed by atoms with Crippen LogP contribution in [0.15, 0.2) is 13.6 Å². The predicted molar refractivity (Wildman–Crippen MR) is 137 cm³/mol. The summed E-state index contributed by atoms with van der Waals surface area (Å²) in [6, 6.07) is -1.07. The highest BCUT2D eigenvalue weighted by Gasteiger charge is 2.46. The van der Waals surface area contributed by atoms with Gasteiger partial charge in [-0.2, -0.15) is 0 Å². The Kier molecular flexibility index (Phi) is 11.5. The van der Waals surface area contributed by atoms with Gasteiger partial charge in [-0.3, -0.25) is 9.69 Å². The van der Waals surface area contributed by atoms with Gasteiger partial charge in [-0.05, 0) is 64.2 Å². The fourth-order valence-electron chi connectivity index (χ4n) is 5.32. The molecule has 3 rings (SSSR count). The minimum absolute atomic E-state index is 0.218. The number of rotatable bonds is 11. The average molecular weight is 547 g/mol. The van der Waals surface area contributed by atoms with Gasteiger partial charge in [0.05, 0.1) is 18.6 Å². The third kappa shape index (κ3) is 7.59. The van der Waals surface area contributed by atoms with E-state index in [9.17, 15) is 24.9 Å². The van der Waals surface area contributed by atoms with E-state index >= 15 is 0 Å². The van der Waals surface area contributed by atoms with Crippen molar-refractivity contribution in [1.82, 2.24) is 10.2 Å². The van der Waals surface area contributed by atoms with Crippen LogP contribution in [-0.4, -0.2) is 94.6 Å². The highest BCUT2D eigenvalue weighted by Crippen LogP contribution is 2.31. The van der Waals surface area contributed by atoms with Crippen LogP contribution in [0.25, 0.3) is 0 Å². The third-order valence-electron chi connectivity index (χ3n) is 7.56. The summed E-state index contributed by atoms with van der Waals surface area (Å²) < 4.78 is 21.4. The normalized spacial score (nSPS) is 32.1. The molecule has 0 saturated carbocycles. The number of aliphatic hydroxyl groups is 3. The van der Waals surface area contributed by atoms with Crippen LogP contribution >= 0.6 is 11.8 Å². The van der Waals surface area contributed by atoms with E-state index in [0.717, 1.165) is 25.7 Å². The smallest absolute Gasteiger partial charge is 0.396 e. The number of ether oxygens (including phenoxy) is 2. The molecule has 4 N–H and O–H groups in total. The van der Waals surface area contributed by atoms with E-state index in [1.165, 1.54) is 11.8 Å². The summed E-state index contributed by atoms with van der Waals surface area (Å²) in [5.41, 5.74) is -0.719. The topological polar surface area (TPSA) is 155 Å². The molecule has 2 aliphatic heterocycles. The van der Waals surface area contributed by atoms with Crippen LogP contribution < -0.4 is 11.1 Å². The van der Waals surface area contributed by atoms with Crippen molar-refractivity contribution < 1.29 is 38.4 Å². The molecule has 212 valence electrons. The summed E-state index contributed by atoms with van der Waals surface area (Å²) in [5.74, 6) is 0.256. The van der Waals surface area contributed by atoms with Gasteiger partial charge in [0, 0.05) is 13.7 Å². The molecule has 0 bridgehead atoms. The Morgan fingerprint density at radius 2 is 1.95 bits per heavy atom. The van der Waals surface area contributed by atoms with Crippen molar-refractivity contribution in [3.05, 3.63) is 22.1 Å². The Morgan fingerprint density at radius 1 is 1.19 bits per heavy atom. The van der Waals surface area contributed by atoms with Gasteiger partial charge in [0.1, 0.15) is 35.6 Å². The minimum atomic E-state index is -1.38. The van der Waals surface area contributed by atoms with Gasteiger partial charge in [-0.1, -0.05) is 6.92 Å². The fourth-order valence-corrected chi connectivity index (χ4v) is 5.99. The number of carbonyl (C=O) groups is 1. The second-order valence-corrected chi connectivity index (χ2v) is 10.9. The first-order valence-electron chi connectivity index (χ1n) is 13.0. The lowest BCUT2D eigenvalue weighted by molar-refractivity contribution is -0.205. The lowest BCUT2D eigenvalue weighted by Gasteiger charge is -2.43. The molecule has 3 heterocycles. The molecule has 0 unspecified atom stereocenters. The van der Waals surface area contributed by atoms with Crippen molar-refractivity contribution in [2.75, 3.05) is 26.5 Å². The van der Waals surface area contributed by atoms with Crippen molar-refractivity contribution >= 4 is 17.7 Å². The van der Waals surface area contributed by atoms with Gasteiger partial charge in [0.25, 0.3) is 0 Å². The Labute approximate surface area is 221 Å². The van der Waals surface area contributed by atoms with Crippen LogP contribution in [0.2, 0.25) is 0 Å². The number of amides is 1. The molecule has 12 heteroatoms. The van der Waals surface area contributed by atoms with Crippen molar-refractivity contribution in [3.8, 4) is 0 Å². The van der Waals surface area contributed by atoms with Gasteiger partial charge in [0.2, 0.25) is 5.91 Å². The molecule has 8 atom stereocenters. The molecule has 37 heavy (non-hydrogen) atoms. The second-order valence-electron chi connectivity index (χ2n) is 9.99. The number of likely N-dealkylation sites (tertiary alicyclic amines) is 1. The third-order valence-corrected chi connectivity index (χ3v) is 8.42. The lowest BCUT2D eigenvalue weighted by atomic mass is 9.92. The molecule has 1 aromatic rings. The number of nitrogens with one attached hydrogen (secondary N) is 1. The number of aryl methyl sites for hydroxylation is 1. The van der Waals surface area contributed by atoms with Crippen LogP contribution in [0.5, 0.6) is 0 Å². The molecule has 2 aliphatic rings. The first kappa shape index (κ1) is 30.1. The zero-order valence-corrected chi connectivity index (χ0v) is 22.9. The molecule has 0 aromatic carbocycles. The van der Waals surface area contributed by atoms with E-state index in [1.54, 1.807) is 20.3 Å². The summed E-state index contributed by atoms with van der Waals surface area (Å²) in [6.07, 6.45) is 1.72. The number of hydrogen-bond acceptors (Lipinski definition) is 11. The molecule has 11 nitrogen and oxygen atoms in total. The van der Waals surface area contributed by atoms with E-state index in [2.05, 4.69) is 5.32 Å². The fraction of sp³-hybridized carbons (Fsp3) is 0.840. The van der Waals surface area contributed by atoms with Crippen LogP contribution in [0, 0.1) is 12.8 Å². The number of thioether (sulfide) groups is 1. The van der Waals surface area contributed by atoms with Gasteiger partial charge in [0.15, 0.2) is 5.76 Å². The lowest BCUT2D eigenvalue weighted by Crippen LogP contribution is -2.63. The number of carbonyl (C=O) groups excluding carboxylic acids is 1. The molecule has 2 fully saturated rings. The maximum atomic E-state index is 13.7. The van der Waals surface area contributed by atoms with E-state index in [0.29, 0.717) is 43.4 Å². The predicted octanol–water partition coefficient (Wildman–Crippen LogP) is 1.00. The maximum Gasteiger partial charge on any atom is 0.519 e. The van der Waals surface area contributed by atoms with Gasteiger partial charge in [-0.15, -0.1) is 11.8 Å². The number of hydrogen-bond donors (Lipinski definition) is 4. The summed E-state index contributed by atoms with van der Waals surface area (Å²) in [5, 5.41) is 34.3. The maximum absolute atomic E-state index is 13.7. The Hall–Kier alpha value is -1.41. The van der Waals surface area contributed by atoms with Crippen LogP contribution in [0.3, 0.4) is 0 Å². The van der Waals surface area contributed by atoms with Crippen molar-refractivity contribution in [3.63, 3.8) is 0 Å². The summed E-state index contributed by atoms with van der Waals surface area (Å²) in [7, 11) is 1.69. The Balaban J connectivity index is 1.76. The average Bonchev–Trinajstić information content (AvgIpc) is 3.06. The van der Waals surface area contributed by atoms with E-state index in [4.69, 9.17) is 18.3 Å². The van der Waals surface area contributed by atoms with Crippen LogP contribution in [0.4, 0.5) is 0 Å². The number of methoxy groups -OCH3 is 1. The zero-order chi connectivity index (χ0) is 27.1. The Morgan fingerprint density at radius 3 is 2.57 bits per heavy atom. The quantitative estimate of drug-likeness (QED) is 0.294. The van der Waals surface area contributed by atoms with Crippen molar-refractivity contribution in [2.24, 2.45) is 5.92 Å². The molecule has 1 amide bonds. The summed E-state index contributed by atoms with van der Waals surface area (Å²) in [4.78, 5) is 27.3. The van der Waals surface area contributed by atoms with Gasteiger partial charge in [-0.25, -0.2) is 4.79 Å². The van der Waals surface area contributed by atoms with Crippen LogP contribution in [0.1, 0.15) is 57.0 Å². The summed E-state index contributed by atoms with van der Waals surface area (Å²) in [6.45, 7) is 5.13. The second kappa shape index (κ2) is 14.1. The highest BCUT2D eigenvalue weighted by molar-refractivity contribution is 7.99. The Bertz CT molecular complexity index is 907. The molecule has 2 saturated heterocycles. The molecule has 0 aliphatic carbocycles. The van der Waals surface area contributed by atoms with E-state index < -0.39 is 47.8 Å². The van der Waals surface area contributed by atoms with E-state index in [1.807, 2.05) is 11.8 Å². The van der Waals surface area contributed by atoms with Gasteiger partial charge >= 0.3 is 5.82 Å². The number of nitrogens with zero attached hydrogens (tertiary/aromatic N) is 1. The molecular weight excluding hydrogens is 504 g/mol. The monoisotopic (exact) mass is 546 g/mol. The number of aliphatic hydroxyl groups excluding tert-OH is 3. The molecule has 1 aromatic heterocycles. The zero-order valence-electron chi connectivity index (χ0n) is 22.1. The standard InChI is InChI=1S/C25H42N2O9S/c1-5-16(22-20(29)19(28)21(30)24(36-22)37-4)26-23(31)17-9-8-15(7-6-12-33-3)10-11-27(17)13-18-14(2)34-25(32)35-18/h15-17,19-22,24,28-30H,5-13H2,1-4H3,(H,26,31)/t15-,16+,17-,19-,20+,21+,22+,24+/m0/s1. The SMILES string of the molecule is CC[C@@H](NC(=O)[C@@H]1CC[C@H](CCCOC)CCN1Cc1oc(=O)oc1C)[C@H]1O[C@H](SC)[C@H](O)[C@@H](O)[C@H]1O. The van der Waals surface area contributed by atoms with Crippen LogP contribution in [-0.2, 0) is 20.8 Å². The molecular formula is C25H42N2O9S. The highest BCUT2D eigenvalue weighted by atomic mass is 32.2. The van der Waals surface area contributed by atoms with Gasteiger partial charge < -0.3 is 38.9 Å².